The molecule has 0 saturated carbocycles. The number of hydrogen-bond acceptors (Lipinski definition) is 7. The second-order valence-corrected chi connectivity index (χ2v) is 8.82. The Kier molecular flexibility index (Phi) is 4.63. The van der Waals surface area contributed by atoms with Crippen molar-refractivity contribution in [2.75, 3.05) is 13.1 Å². The maximum atomic E-state index is 12.8. The number of rotatable bonds is 4. The van der Waals surface area contributed by atoms with Gasteiger partial charge in [0.15, 0.2) is 0 Å². The van der Waals surface area contributed by atoms with Gasteiger partial charge in [0.05, 0.1) is 17.1 Å². The Balaban J connectivity index is 1.51. The molecular formula is C16H13Cl2N5O3S. The highest BCUT2D eigenvalue weighted by atomic mass is 35.5. The molecule has 0 unspecified atom stereocenters. The van der Waals surface area contributed by atoms with E-state index in [4.69, 9.17) is 27.7 Å². The zero-order valence-corrected chi connectivity index (χ0v) is 16.3. The summed E-state index contributed by atoms with van der Waals surface area (Å²) in [5.41, 5.74) is 1.13. The average Bonchev–Trinajstić information content (AvgIpc) is 3.07. The van der Waals surface area contributed by atoms with Crippen molar-refractivity contribution < 1.29 is 12.9 Å². The van der Waals surface area contributed by atoms with E-state index in [0.29, 0.717) is 28.0 Å². The fraction of sp³-hybridized carbons (Fsp3) is 0.250. The Morgan fingerprint density at radius 3 is 2.67 bits per heavy atom. The third-order valence-corrected chi connectivity index (χ3v) is 6.97. The van der Waals surface area contributed by atoms with Gasteiger partial charge in [-0.3, -0.25) is 4.98 Å². The lowest BCUT2D eigenvalue weighted by molar-refractivity contribution is 0.217. The lowest BCUT2D eigenvalue weighted by Gasteiger charge is -2.36. The van der Waals surface area contributed by atoms with Crippen LogP contribution in [0.25, 0.3) is 11.5 Å². The largest absolute Gasteiger partial charge is 0.339 e. The molecule has 0 amide bonds. The summed E-state index contributed by atoms with van der Waals surface area (Å²) >= 11 is 12.1. The van der Waals surface area contributed by atoms with Crippen LogP contribution in [-0.2, 0) is 10.0 Å². The first kappa shape index (κ1) is 18.3. The van der Waals surface area contributed by atoms with Crippen LogP contribution >= 0.6 is 23.2 Å². The maximum Gasteiger partial charge on any atom is 0.244 e. The van der Waals surface area contributed by atoms with E-state index in [1.54, 1.807) is 13.1 Å². The van der Waals surface area contributed by atoms with E-state index in [0.717, 1.165) is 0 Å². The fourth-order valence-electron chi connectivity index (χ4n) is 2.68. The molecule has 4 rings (SSSR count). The van der Waals surface area contributed by atoms with Crippen molar-refractivity contribution in [3.05, 3.63) is 52.2 Å². The lowest BCUT2D eigenvalue weighted by Crippen LogP contribution is -2.48. The van der Waals surface area contributed by atoms with Crippen LogP contribution < -0.4 is 0 Å². The molecule has 0 bridgehead atoms. The van der Waals surface area contributed by atoms with E-state index in [-0.39, 0.29) is 28.9 Å². The highest BCUT2D eigenvalue weighted by Crippen LogP contribution is 2.35. The molecule has 1 aliphatic heterocycles. The summed E-state index contributed by atoms with van der Waals surface area (Å²) in [6, 6.07) is 2.92. The zero-order chi connectivity index (χ0) is 19.2. The van der Waals surface area contributed by atoms with Gasteiger partial charge in [-0.05, 0) is 24.6 Å². The second-order valence-electron chi connectivity index (χ2n) is 6.10. The third kappa shape index (κ3) is 3.31. The van der Waals surface area contributed by atoms with Crippen molar-refractivity contribution in [1.82, 2.24) is 24.4 Å². The van der Waals surface area contributed by atoms with Gasteiger partial charge < -0.3 is 4.52 Å². The van der Waals surface area contributed by atoms with Gasteiger partial charge in [0.2, 0.25) is 21.7 Å². The number of sulfonamides is 1. The van der Waals surface area contributed by atoms with Crippen LogP contribution in [0.4, 0.5) is 0 Å². The number of benzene rings is 1. The molecule has 0 spiro atoms. The Labute approximate surface area is 165 Å². The number of hydrogen-bond donors (Lipinski definition) is 0. The summed E-state index contributed by atoms with van der Waals surface area (Å²) in [6.45, 7) is 2.17. The summed E-state index contributed by atoms with van der Waals surface area (Å²) < 4.78 is 32.2. The molecule has 140 valence electrons. The molecule has 0 N–H and O–H groups in total. The molecule has 1 fully saturated rings. The summed E-state index contributed by atoms with van der Waals surface area (Å²) in [5.74, 6) is 0.487. The molecule has 2 aromatic heterocycles. The van der Waals surface area contributed by atoms with Crippen molar-refractivity contribution in [3.8, 4) is 11.5 Å². The average molecular weight is 426 g/mol. The quantitative estimate of drug-likeness (QED) is 0.632. The number of aryl methyl sites for hydroxylation is 1. The Hall–Kier alpha value is -2.07. The van der Waals surface area contributed by atoms with Crippen molar-refractivity contribution in [3.63, 3.8) is 0 Å². The van der Waals surface area contributed by atoms with E-state index < -0.39 is 10.0 Å². The first-order valence-corrected chi connectivity index (χ1v) is 10.1. The van der Waals surface area contributed by atoms with Crippen molar-refractivity contribution in [1.29, 1.82) is 0 Å². The maximum absolute atomic E-state index is 12.8. The second kappa shape index (κ2) is 6.83. The summed E-state index contributed by atoms with van der Waals surface area (Å²) in [7, 11) is -3.73. The Bertz CT molecular complexity index is 1100. The van der Waals surface area contributed by atoms with Crippen LogP contribution in [0.3, 0.4) is 0 Å². The zero-order valence-electron chi connectivity index (χ0n) is 14.0. The Morgan fingerprint density at radius 2 is 1.96 bits per heavy atom. The van der Waals surface area contributed by atoms with E-state index in [2.05, 4.69) is 20.1 Å². The van der Waals surface area contributed by atoms with Gasteiger partial charge in [-0.15, -0.1) is 0 Å². The minimum absolute atomic E-state index is 0.0373. The molecule has 3 heterocycles. The lowest BCUT2D eigenvalue weighted by atomic mass is 10.0. The minimum Gasteiger partial charge on any atom is -0.339 e. The molecule has 27 heavy (non-hydrogen) atoms. The molecular weight excluding hydrogens is 413 g/mol. The van der Waals surface area contributed by atoms with Crippen LogP contribution in [0.15, 0.2) is 40.1 Å². The van der Waals surface area contributed by atoms with Crippen LogP contribution in [0.5, 0.6) is 0 Å². The van der Waals surface area contributed by atoms with Crippen molar-refractivity contribution in [2.45, 2.75) is 17.7 Å². The summed E-state index contributed by atoms with van der Waals surface area (Å²) in [4.78, 5) is 12.4. The molecule has 0 atom stereocenters. The normalized spacial score (nSPS) is 15.7. The molecule has 11 heteroatoms. The van der Waals surface area contributed by atoms with E-state index in [1.165, 1.54) is 28.8 Å². The van der Waals surface area contributed by atoms with E-state index >= 15 is 0 Å². The molecule has 1 saturated heterocycles. The van der Waals surface area contributed by atoms with E-state index in [1.807, 2.05) is 0 Å². The standard InChI is InChI=1S/C16H13Cl2N5O3S/c1-9-4-14(12(18)5-11(9)17)27(24,25)23-7-10(8-23)16-21-15(22-26-16)13-6-19-2-3-20-13/h2-6,10H,7-8H2,1H3. The SMILES string of the molecule is Cc1cc(S(=O)(=O)N2CC(c3nc(-c4cnccn4)no3)C2)c(Cl)cc1Cl. The minimum atomic E-state index is -3.73. The third-order valence-electron chi connectivity index (χ3n) is 4.26. The highest BCUT2D eigenvalue weighted by Gasteiger charge is 2.41. The van der Waals surface area contributed by atoms with E-state index in [9.17, 15) is 8.42 Å². The van der Waals surface area contributed by atoms with Crippen molar-refractivity contribution in [2.24, 2.45) is 0 Å². The van der Waals surface area contributed by atoms with Crippen molar-refractivity contribution >= 4 is 33.2 Å². The van der Waals surface area contributed by atoms with Crippen LogP contribution in [0.1, 0.15) is 17.4 Å². The monoisotopic (exact) mass is 425 g/mol. The van der Waals surface area contributed by atoms with Gasteiger partial charge in [-0.2, -0.15) is 9.29 Å². The summed E-state index contributed by atoms with van der Waals surface area (Å²) in [6.07, 6.45) is 4.60. The predicted octanol–water partition coefficient (Wildman–Crippen LogP) is 2.93. The first-order chi connectivity index (χ1) is 12.9. The van der Waals surface area contributed by atoms with Gasteiger partial charge in [0, 0.05) is 30.5 Å². The van der Waals surface area contributed by atoms with Gasteiger partial charge >= 0.3 is 0 Å². The van der Waals surface area contributed by atoms with Gasteiger partial charge in [-0.1, -0.05) is 28.4 Å². The van der Waals surface area contributed by atoms with Gasteiger partial charge in [-0.25, -0.2) is 13.4 Å². The number of aromatic nitrogens is 4. The summed E-state index contributed by atoms with van der Waals surface area (Å²) in [5, 5.41) is 4.39. The Morgan fingerprint density at radius 1 is 1.19 bits per heavy atom. The molecule has 1 aromatic carbocycles. The van der Waals surface area contributed by atoms with Crippen LogP contribution in [0, 0.1) is 6.92 Å². The predicted molar refractivity (Wildman–Crippen MR) is 98.0 cm³/mol. The number of nitrogens with zero attached hydrogens (tertiary/aromatic N) is 5. The van der Waals surface area contributed by atoms with Crippen LogP contribution in [0.2, 0.25) is 10.0 Å². The topological polar surface area (TPSA) is 102 Å². The number of halogens is 2. The fourth-order valence-corrected chi connectivity index (χ4v) is 5.02. The van der Waals surface area contributed by atoms with Gasteiger partial charge in [0.25, 0.3) is 0 Å². The smallest absolute Gasteiger partial charge is 0.244 e. The molecule has 1 aliphatic rings. The molecule has 0 aliphatic carbocycles. The molecule has 3 aromatic rings. The van der Waals surface area contributed by atoms with Crippen LogP contribution in [-0.4, -0.2) is 45.9 Å². The van der Waals surface area contributed by atoms with Gasteiger partial charge in [0.1, 0.15) is 10.6 Å². The highest BCUT2D eigenvalue weighted by molar-refractivity contribution is 7.89. The first-order valence-electron chi connectivity index (χ1n) is 7.92. The molecule has 8 nitrogen and oxygen atoms in total. The molecule has 0 radical (unpaired) electrons.